The summed E-state index contributed by atoms with van der Waals surface area (Å²) < 4.78 is 0. The Balaban J connectivity index is 2.55. The molecule has 0 fully saturated rings. The van der Waals surface area contributed by atoms with E-state index in [1.165, 1.54) is 0 Å². The average molecular weight is 151 g/mol. The molecule has 0 amide bonds. The van der Waals surface area contributed by atoms with Gasteiger partial charge in [-0.3, -0.25) is 0 Å². The molecule has 0 saturated carbocycles. The van der Waals surface area contributed by atoms with Gasteiger partial charge in [-0.1, -0.05) is 0 Å². The maximum Gasteiger partial charge on any atom is 0.358 e. The lowest BCUT2D eigenvalue weighted by Crippen LogP contribution is -1.99. The minimum absolute atomic E-state index is 0.137. The molecule has 0 aromatic carbocycles. The van der Waals surface area contributed by atoms with Crippen LogP contribution >= 0.6 is 0 Å². The first-order chi connectivity index (χ1) is 5.29. The number of fused-ring (bicyclic) bond motifs is 1. The molecule has 0 radical (unpaired) electrons. The fraction of sp³-hybridized carbons (Fsp3) is 0. The van der Waals surface area contributed by atoms with Crippen molar-refractivity contribution in [2.24, 2.45) is 25.7 Å². The fourth-order valence-electron chi connectivity index (χ4n) is 0.711. The van der Waals surface area contributed by atoms with Gasteiger partial charge in [0.05, 0.1) is 0 Å². The van der Waals surface area contributed by atoms with E-state index in [9.17, 15) is 4.79 Å². The van der Waals surface area contributed by atoms with Crippen LogP contribution in [0.5, 0.6) is 0 Å². The van der Waals surface area contributed by atoms with Gasteiger partial charge in [0.2, 0.25) is 11.5 Å². The van der Waals surface area contributed by atoms with E-state index in [0.717, 1.165) is 0 Å². The van der Waals surface area contributed by atoms with E-state index < -0.39 is 5.97 Å². The van der Waals surface area contributed by atoms with Gasteiger partial charge < -0.3 is 5.11 Å². The van der Waals surface area contributed by atoms with E-state index >= 15 is 0 Å². The number of rotatable bonds is 1. The number of nitrogens with zero attached hydrogens (tertiary/aromatic N) is 5. The topological polar surface area (TPSA) is 99.1 Å². The molecular formula is C4HN5O2. The summed E-state index contributed by atoms with van der Waals surface area (Å²) in [5, 5.41) is 25.4. The molecule has 2 heterocycles. The number of carboxylic acids is 1. The molecule has 0 aliphatic carbocycles. The van der Waals surface area contributed by atoms with Crippen molar-refractivity contribution in [3.63, 3.8) is 0 Å². The van der Waals surface area contributed by atoms with Gasteiger partial charge in [0.1, 0.15) is 0 Å². The summed E-state index contributed by atoms with van der Waals surface area (Å²) in [6.07, 6.45) is 0. The van der Waals surface area contributed by atoms with E-state index in [-0.39, 0.29) is 17.2 Å². The monoisotopic (exact) mass is 151 g/mol. The molecule has 11 heavy (non-hydrogen) atoms. The molecule has 2 aliphatic heterocycles. The molecule has 2 rings (SSSR count). The van der Waals surface area contributed by atoms with Crippen LogP contribution in [0, 0.1) is 0 Å². The summed E-state index contributed by atoms with van der Waals surface area (Å²) in [6.45, 7) is 0. The summed E-state index contributed by atoms with van der Waals surface area (Å²) in [6, 6.07) is 0. The lowest BCUT2D eigenvalue weighted by Gasteiger charge is -1.84. The summed E-state index contributed by atoms with van der Waals surface area (Å²) in [7, 11) is 0. The molecule has 0 atom stereocenters. The minimum atomic E-state index is -1.17. The third kappa shape index (κ3) is 0.672. The highest BCUT2D eigenvalue weighted by molar-refractivity contribution is 6.07. The summed E-state index contributed by atoms with van der Waals surface area (Å²) in [4.78, 5) is 10.4. The molecule has 1 N–H and O–H groups in total. The Labute approximate surface area is 59.8 Å². The van der Waals surface area contributed by atoms with Gasteiger partial charge in [-0.15, -0.1) is 20.4 Å². The Morgan fingerprint density at radius 2 is 2.09 bits per heavy atom. The number of hydrogen-bond donors (Lipinski definition) is 1. The van der Waals surface area contributed by atoms with Crippen molar-refractivity contribution in [2.45, 2.75) is 0 Å². The van der Waals surface area contributed by atoms with E-state index in [1.54, 1.807) is 0 Å². The Hall–Kier alpha value is -1.92. The Morgan fingerprint density at radius 3 is 2.82 bits per heavy atom. The van der Waals surface area contributed by atoms with Crippen molar-refractivity contribution in [2.75, 3.05) is 0 Å². The highest BCUT2D eigenvalue weighted by atomic mass is 16.4. The molecule has 2 aliphatic rings. The van der Waals surface area contributed by atoms with E-state index in [0.29, 0.717) is 0 Å². The maximum absolute atomic E-state index is 10.4. The average Bonchev–Trinajstić information content (AvgIpc) is 2.41. The number of aliphatic carboxylic acids is 1. The second-order valence-electron chi connectivity index (χ2n) is 1.82. The van der Waals surface area contributed by atoms with Crippen LogP contribution < -0.4 is 0 Å². The second-order valence-corrected chi connectivity index (χ2v) is 1.82. The molecule has 7 heteroatoms. The van der Waals surface area contributed by atoms with E-state index in [1.807, 2.05) is 0 Å². The van der Waals surface area contributed by atoms with Crippen LogP contribution in [-0.2, 0) is 4.79 Å². The zero-order valence-corrected chi connectivity index (χ0v) is 5.09. The molecule has 0 unspecified atom stereocenters. The Kier molecular flexibility index (Phi) is 0.945. The van der Waals surface area contributed by atoms with Crippen LogP contribution in [0.15, 0.2) is 37.1 Å². The van der Waals surface area contributed by atoms with Gasteiger partial charge in [0.25, 0.3) is 0 Å². The van der Waals surface area contributed by atoms with Gasteiger partial charge in [0.15, 0.2) is 5.70 Å². The second kappa shape index (κ2) is 1.78. The Bertz CT molecular complexity index is 349. The summed E-state index contributed by atoms with van der Waals surface area (Å²) >= 11 is 0. The summed E-state index contributed by atoms with van der Waals surface area (Å²) in [5.41, 5.74) is -0.0671. The lowest BCUT2D eigenvalue weighted by atomic mass is 10.3. The molecule has 7 nitrogen and oxygen atoms in total. The molecular weight excluding hydrogens is 150 g/mol. The largest absolute Gasteiger partial charge is 0.476 e. The quantitative estimate of drug-likeness (QED) is 0.590. The first kappa shape index (κ1) is 5.83. The molecule has 0 spiro atoms. The van der Waals surface area contributed by atoms with E-state index in [4.69, 9.17) is 5.11 Å². The number of carboxylic acid groups (broad SMARTS) is 1. The Morgan fingerprint density at radius 1 is 1.27 bits per heavy atom. The number of carbonyl (C=O) groups is 1. The predicted molar refractivity (Wildman–Crippen MR) is 31.8 cm³/mol. The molecule has 0 bridgehead atoms. The van der Waals surface area contributed by atoms with Crippen molar-refractivity contribution < 1.29 is 9.90 Å². The van der Waals surface area contributed by atoms with Gasteiger partial charge in [0, 0.05) is 0 Å². The van der Waals surface area contributed by atoms with Crippen molar-refractivity contribution in [1.29, 1.82) is 0 Å². The lowest BCUT2D eigenvalue weighted by molar-refractivity contribution is -0.132. The molecule has 0 aromatic heterocycles. The third-order valence-corrected chi connectivity index (χ3v) is 1.17. The first-order valence-electron chi connectivity index (χ1n) is 2.67. The molecule has 0 aromatic rings. The van der Waals surface area contributed by atoms with Gasteiger partial charge in [-0.25, -0.2) is 4.79 Å². The zero-order valence-electron chi connectivity index (χ0n) is 5.09. The molecule has 0 saturated heterocycles. The fourth-order valence-corrected chi connectivity index (χ4v) is 0.711. The van der Waals surface area contributed by atoms with Crippen LogP contribution in [0.1, 0.15) is 0 Å². The van der Waals surface area contributed by atoms with Crippen LogP contribution in [0.3, 0.4) is 0 Å². The van der Waals surface area contributed by atoms with Crippen LogP contribution in [0.2, 0.25) is 0 Å². The smallest absolute Gasteiger partial charge is 0.358 e. The van der Waals surface area contributed by atoms with Crippen LogP contribution in [-0.4, -0.2) is 16.9 Å². The standard InChI is InChI=1S/C4HN5O2/c10-4(11)2-1-3(7-5-2)8-9-6-1/h(H,10,11). The maximum atomic E-state index is 10.4. The SMILES string of the molecule is O=C(O)C1=C2N=NN=C2N=N1. The van der Waals surface area contributed by atoms with Crippen molar-refractivity contribution in [1.82, 2.24) is 0 Å². The van der Waals surface area contributed by atoms with Crippen LogP contribution in [0.4, 0.5) is 0 Å². The van der Waals surface area contributed by atoms with Gasteiger partial charge >= 0.3 is 5.97 Å². The van der Waals surface area contributed by atoms with Gasteiger partial charge in [-0.2, -0.15) is 0 Å². The number of azo groups is 1. The number of hydrogen-bond acceptors (Lipinski definition) is 6. The van der Waals surface area contributed by atoms with Crippen LogP contribution in [0.25, 0.3) is 0 Å². The third-order valence-electron chi connectivity index (χ3n) is 1.17. The first-order valence-corrected chi connectivity index (χ1v) is 2.67. The highest BCUT2D eigenvalue weighted by Gasteiger charge is 2.27. The number of amidine groups is 1. The van der Waals surface area contributed by atoms with Crippen molar-refractivity contribution >= 4 is 11.8 Å². The normalized spacial score (nSPS) is 19.1. The van der Waals surface area contributed by atoms with Crippen molar-refractivity contribution in [3.05, 3.63) is 11.4 Å². The summed E-state index contributed by atoms with van der Waals surface area (Å²) in [5.74, 6) is -1.00. The predicted octanol–water partition coefficient (Wildman–Crippen LogP) is 0.528. The molecule has 54 valence electrons. The van der Waals surface area contributed by atoms with Gasteiger partial charge in [-0.05, 0) is 5.22 Å². The zero-order chi connectivity index (χ0) is 7.84. The van der Waals surface area contributed by atoms with Crippen molar-refractivity contribution in [3.8, 4) is 0 Å². The minimum Gasteiger partial charge on any atom is -0.476 e. The van der Waals surface area contributed by atoms with E-state index in [2.05, 4.69) is 25.7 Å². The highest BCUT2D eigenvalue weighted by Crippen LogP contribution is 2.23.